The van der Waals surface area contributed by atoms with Gasteiger partial charge in [-0.3, -0.25) is 0 Å². The molecule has 0 aliphatic heterocycles. The first-order chi connectivity index (χ1) is 10.4. The monoisotopic (exact) mass is 287 g/mol. The molecule has 0 spiro atoms. The second-order valence-electron chi connectivity index (χ2n) is 6.72. The molecule has 2 heteroatoms. The minimum atomic E-state index is 0.489. The third-order valence-electron chi connectivity index (χ3n) is 4.80. The zero-order valence-electron chi connectivity index (χ0n) is 13.3. The number of benzene rings is 1. The van der Waals surface area contributed by atoms with Gasteiger partial charge in [0, 0.05) is 6.04 Å². The first-order valence-electron chi connectivity index (χ1n) is 8.87. The maximum absolute atomic E-state index is 5.87. The van der Waals surface area contributed by atoms with Crippen LogP contribution < -0.4 is 10.1 Å². The number of hydrogen-bond donors (Lipinski definition) is 1. The van der Waals surface area contributed by atoms with Crippen molar-refractivity contribution in [3.05, 3.63) is 29.8 Å². The number of nitrogens with one attached hydrogen (secondary N) is 1. The van der Waals surface area contributed by atoms with Gasteiger partial charge in [0.15, 0.2) is 0 Å². The lowest BCUT2D eigenvalue weighted by atomic mass is 9.81. The van der Waals surface area contributed by atoms with Crippen molar-refractivity contribution < 1.29 is 4.74 Å². The first kappa shape index (κ1) is 14.9. The fourth-order valence-corrected chi connectivity index (χ4v) is 3.46. The Morgan fingerprint density at radius 3 is 2.38 bits per heavy atom. The fourth-order valence-electron chi connectivity index (χ4n) is 3.46. The summed E-state index contributed by atoms with van der Waals surface area (Å²) in [5.74, 6) is 1.85. The van der Waals surface area contributed by atoms with Crippen LogP contribution in [-0.4, -0.2) is 12.6 Å². The lowest BCUT2D eigenvalue weighted by Crippen LogP contribution is -2.30. The van der Waals surface area contributed by atoms with Crippen molar-refractivity contribution in [2.24, 2.45) is 5.92 Å². The normalized spacial score (nSPS) is 21.2. The van der Waals surface area contributed by atoms with Crippen LogP contribution in [0.15, 0.2) is 24.3 Å². The summed E-state index contributed by atoms with van der Waals surface area (Å²) in [6, 6.07) is 9.41. The number of rotatable bonds is 7. The standard InChI is InChI=1S/C19H29NO/c1-2-14-20-19(15-6-4-3-5-7-15)16-8-10-17(11-9-16)21-18-12-13-18/h8-11,15,18-20H,2-7,12-14H2,1H3. The molecule has 0 amide bonds. The Balaban J connectivity index is 1.67. The van der Waals surface area contributed by atoms with Crippen LogP contribution in [0.5, 0.6) is 5.75 Å². The summed E-state index contributed by atoms with van der Waals surface area (Å²) in [7, 11) is 0. The molecule has 1 N–H and O–H groups in total. The van der Waals surface area contributed by atoms with E-state index in [9.17, 15) is 0 Å². The summed E-state index contributed by atoms with van der Waals surface area (Å²) in [6.07, 6.45) is 11.1. The van der Waals surface area contributed by atoms with Gasteiger partial charge in [0.1, 0.15) is 5.75 Å². The predicted octanol–water partition coefficient (Wildman–Crippen LogP) is 4.85. The summed E-state index contributed by atoms with van der Waals surface area (Å²) in [4.78, 5) is 0. The SMILES string of the molecule is CCCNC(c1ccc(OC2CC2)cc1)C1CCCCC1. The molecule has 2 fully saturated rings. The molecule has 0 aromatic heterocycles. The first-order valence-corrected chi connectivity index (χ1v) is 8.87. The predicted molar refractivity (Wildman–Crippen MR) is 87.7 cm³/mol. The smallest absolute Gasteiger partial charge is 0.119 e. The molecule has 1 atom stereocenters. The topological polar surface area (TPSA) is 21.3 Å². The van der Waals surface area contributed by atoms with E-state index < -0.39 is 0 Å². The maximum Gasteiger partial charge on any atom is 0.119 e. The van der Waals surface area contributed by atoms with Gasteiger partial charge in [-0.2, -0.15) is 0 Å². The summed E-state index contributed by atoms with van der Waals surface area (Å²) in [5, 5.41) is 3.79. The Morgan fingerprint density at radius 2 is 1.76 bits per heavy atom. The Labute approximate surface area is 129 Å². The van der Waals surface area contributed by atoms with Gasteiger partial charge in [-0.05, 0) is 62.3 Å². The Morgan fingerprint density at radius 1 is 1.05 bits per heavy atom. The van der Waals surface area contributed by atoms with E-state index in [2.05, 4.69) is 36.5 Å². The second-order valence-corrected chi connectivity index (χ2v) is 6.72. The van der Waals surface area contributed by atoms with Crippen LogP contribution in [0, 0.1) is 5.92 Å². The van der Waals surface area contributed by atoms with Gasteiger partial charge >= 0.3 is 0 Å². The summed E-state index contributed by atoms with van der Waals surface area (Å²) < 4.78 is 5.87. The summed E-state index contributed by atoms with van der Waals surface area (Å²) in [5.41, 5.74) is 1.44. The molecule has 1 aromatic carbocycles. The van der Waals surface area contributed by atoms with Gasteiger partial charge in [0.05, 0.1) is 6.10 Å². The fraction of sp³-hybridized carbons (Fsp3) is 0.684. The van der Waals surface area contributed by atoms with E-state index in [1.54, 1.807) is 0 Å². The van der Waals surface area contributed by atoms with E-state index in [4.69, 9.17) is 4.74 Å². The van der Waals surface area contributed by atoms with Crippen molar-refractivity contribution in [2.75, 3.05) is 6.54 Å². The highest BCUT2D eigenvalue weighted by molar-refractivity contribution is 5.30. The van der Waals surface area contributed by atoms with Gasteiger partial charge < -0.3 is 10.1 Å². The van der Waals surface area contributed by atoms with Gasteiger partial charge in [-0.15, -0.1) is 0 Å². The highest BCUT2D eigenvalue weighted by Gasteiger charge is 2.25. The lowest BCUT2D eigenvalue weighted by Gasteiger charge is -2.31. The molecular formula is C19H29NO. The van der Waals surface area contributed by atoms with Crippen LogP contribution >= 0.6 is 0 Å². The molecule has 0 bridgehead atoms. The lowest BCUT2D eigenvalue weighted by molar-refractivity contribution is 0.271. The maximum atomic E-state index is 5.87. The van der Waals surface area contributed by atoms with E-state index in [1.165, 1.54) is 56.9 Å². The molecule has 116 valence electrons. The molecule has 0 heterocycles. The van der Waals surface area contributed by atoms with Crippen LogP contribution in [0.25, 0.3) is 0 Å². The van der Waals surface area contributed by atoms with Crippen molar-refractivity contribution in [1.82, 2.24) is 5.32 Å². The molecule has 1 unspecified atom stereocenters. The molecule has 2 aliphatic carbocycles. The highest BCUT2D eigenvalue weighted by atomic mass is 16.5. The van der Waals surface area contributed by atoms with Crippen molar-refractivity contribution in [1.29, 1.82) is 0 Å². The van der Waals surface area contributed by atoms with Gasteiger partial charge in [-0.25, -0.2) is 0 Å². The Bertz CT molecular complexity index is 418. The molecule has 1 aromatic rings. The summed E-state index contributed by atoms with van der Waals surface area (Å²) in [6.45, 7) is 3.36. The zero-order valence-corrected chi connectivity index (χ0v) is 13.3. The average Bonchev–Trinajstić information content (AvgIpc) is 3.34. The van der Waals surface area contributed by atoms with Crippen LogP contribution in [-0.2, 0) is 0 Å². The largest absolute Gasteiger partial charge is 0.490 e. The molecule has 2 nitrogen and oxygen atoms in total. The van der Waals surface area contributed by atoms with Crippen LogP contribution in [0.1, 0.15) is 69.9 Å². The Hall–Kier alpha value is -1.02. The molecular weight excluding hydrogens is 258 g/mol. The Kier molecular flexibility index (Phi) is 5.18. The minimum absolute atomic E-state index is 0.489. The molecule has 2 saturated carbocycles. The molecule has 0 radical (unpaired) electrons. The molecule has 0 saturated heterocycles. The van der Waals surface area contributed by atoms with E-state index in [1.807, 2.05) is 0 Å². The van der Waals surface area contributed by atoms with Crippen molar-refractivity contribution in [2.45, 2.75) is 70.4 Å². The number of hydrogen-bond acceptors (Lipinski definition) is 2. The third-order valence-corrected chi connectivity index (χ3v) is 4.80. The van der Waals surface area contributed by atoms with E-state index >= 15 is 0 Å². The van der Waals surface area contributed by atoms with Gasteiger partial charge in [0.2, 0.25) is 0 Å². The van der Waals surface area contributed by atoms with Crippen LogP contribution in [0.4, 0.5) is 0 Å². The number of ether oxygens (including phenoxy) is 1. The van der Waals surface area contributed by atoms with E-state index in [-0.39, 0.29) is 0 Å². The highest BCUT2D eigenvalue weighted by Crippen LogP contribution is 2.35. The van der Waals surface area contributed by atoms with Crippen LogP contribution in [0.3, 0.4) is 0 Å². The van der Waals surface area contributed by atoms with Crippen molar-refractivity contribution >= 4 is 0 Å². The van der Waals surface area contributed by atoms with Gasteiger partial charge in [0.25, 0.3) is 0 Å². The second kappa shape index (κ2) is 7.31. The van der Waals surface area contributed by atoms with Crippen molar-refractivity contribution in [3.63, 3.8) is 0 Å². The zero-order chi connectivity index (χ0) is 14.5. The van der Waals surface area contributed by atoms with Gasteiger partial charge in [-0.1, -0.05) is 38.3 Å². The minimum Gasteiger partial charge on any atom is -0.490 e. The summed E-state index contributed by atoms with van der Waals surface area (Å²) >= 11 is 0. The van der Waals surface area contributed by atoms with E-state index in [0.717, 1.165) is 18.2 Å². The van der Waals surface area contributed by atoms with E-state index in [0.29, 0.717) is 12.1 Å². The average molecular weight is 287 g/mol. The quantitative estimate of drug-likeness (QED) is 0.774. The molecule has 21 heavy (non-hydrogen) atoms. The molecule has 2 aliphatic rings. The van der Waals surface area contributed by atoms with Crippen LogP contribution in [0.2, 0.25) is 0 Å². The third kappa shape index (κ3) is 4.23. The van der Waals surface area contributed by atoms with Crippen molar-refractivity contribution in [3.8, 4) is 5.75 Å². The molecule has 3 rings (SSSR count).